The summed E-state index contributed by atoms with van der Waals surface area (Å²) in [6.07, 6.45) is -0.354. The Morgan fingerprint density at radius 3 is 2.46 bits per heavy atom. The second-order valence-electron chi connectivity index (χ2n) is 6.64. The third-order valence-electron chi connectivity index (χ3n) is 4.96. The first kappa shape index (κ1) is 18.2. The van der Waals surface area contributed by atoms with Crippen molar-refractivity contribution in [2.24, 2.45) is 11.8 Å². The molecule has 0 unspecified atom stereocenters. The fourth-order valence-electron chi connectivity index (χ4n) is 3.79. The van der Waals surface area contributed by atoms with Crippen LogP contribution in [0.3, 0.4) is 0 Å². The zero-order valence-corrected chi connectivity index (χ0v) is 14.7. The van der Waals surface area contributed by atoms with Crippen molar-refractivity contribution in [1.29, 1.82) is 0 Å². The average molecular weight is 364 g/mol. The van der Waals surface area contributed by atoms with Crippen molar-refractivity contribution in [2.75, 3.05) is 21.0 Å². The molecule has 1 N–H and O–H groups in total. The van der Waals surface area contributed by atoms with Crippen LogP contribution in [0.5, 0.6) is 11.5 Å². The van der Waals surface area contributed by atoms with E-state index in [1.54, 1.807) is 18.2 Å². The molecule has 2 aliphatic rings. The lowest BCUT2D eigenvalue weighted by molar-refractivity contribution is -0.170. The van der Waals surface area contributed by atoms with E-state index in [4.69, 9.17) is 18.9 Å². The topological polar surface area (TPSA) is 108 Å². The van der Waals surface area contributed by atoms with Gasteiger partial charge in [0.05, 0.1) is 25.7 Å². The van der Waals surface area contributed by atoms with Gasteiger partial charge < -0.3 is 24.1 Å². The van der Waals surface area contributed by atoms with E-state index < -0.39 is 41.1 Å². The highest BCUT2D eigenvalue weighted by Crippen LogP contribution is 2.48. The van der Waals surface area contributed by atoms with E-state index in [2.05, 4.69) is 0 Å². The van der Waals surface area contributed by atoms with Gasteiger partial charge in [-0.05, 0) is 24.6 Å². The maximum atomic E-state index is 12.6. The number of rotatable bonds is 3. The van der Waals surface area contributed by atoms with Crippen molar-refractivity contribution in [2.45, 2.75) is 24.9 Å². The summed E-state index contributed by atoms with van der Waals surface area (Å²) in [6, 6.07) is 4.88. The SMILES string of the molecule is COC(=O)[C@@H]1C(=O)C[C@](C)(O)[C@H](C(=O)OC)[C@@H]1c1ccc2c(c1)OCO2. The zero-order valence-electron chi connectivity index (χ0n) is 14.7. The molecule has 1 aromatic rings. The van der Waals surface area contributed by atoms with Gasteiger partial charge in [0.1, 0.15) is 5.92 Å². The minimum atomic E-state index is -1.67. The highest BCUT2D eigenvalue weighted by Gasteiger charge is 2.57. The molecule has 8 nitrogen and oxygen atoms in total. The molecule has 140 valence electrons. The molecule has 0 bridgehead atoms. The van der Waals surface area contributed by atoms with Gasteiger partial charge in [-0.15, -0.1) is 0 Å². The number of methoxy groups -OCH3 is 2. The molecule has 4 atom stereocenters. The number of carbonyl (C=O) groups is 3. The van der Waals surface area contributed by atoms with Crippen LogP contribution in [0.2, 0.25) is 0 Å². The molecule has 1 saturated carbocycles. The molecule has 1 aliphatic heterocycles. The minimum absolute atomic E-state index is 0.0565. The molecule has 1 aliphatic carbocycles. The monoisotopic (exact) mass is 364 g/mol. The van der Waals surface area contributed by atoms with E-state index in [-0.39, 0.29) is 13.2 Å². The van der Waals surface area contributed by atoms with E-state index in [0.29, 0.717) is 17.1 Å². The summed E-state index contributed by atoms with van der Waals surface area (Å²) in [5.74, 6) is -4.33. The molecule has 8 heteroatoms. The predicted molar refractivity (Wildman–Crippen MR) is 86.6 cm³/mol. The summed E-state index contributed by atoms with van der Waals surface area (Å²) in [6.45, 7) is 1.45. The molecular formula is C18H20O8. The lowest BCUT2D eigenvalue weighted by atomic mass is 9.61. The fraction of sp³-hybridized carbons (Fsp3) is 0.500. The number of ketones is 1. The number of hydrogen-bond donors (Lipinski definition) is 1. The molecule has 0 aromatic heterocycles. The maximum absolute atomic E-state index is 12.6. The Balaban J connectivity index is 2.15. The number of esters is 2. The summed E-state index contributed by atoms with van der Waals surface area (Å²) in [5, 5.41) is 10.8. The molecule has 0 spiro atoms. The Labute approximate surface area is 150 Å². The summed E-state index contributed by atoms with van der Waals surface area (Å²) in [5.41, 5.74) is -1.19. The van der Waals surface area contributed by atoms with Crippen molar-refractivity contribution in [3.8, 4) is 11.5 Å². The summed E-state index contributed by atoms with van der Waals surface area (Å²) in [4.78, 5) is 37.4. The molecule has 1 aromatic carbocycles. The Morgan fingerprint density at radius 1 is 1.15 bits per heavy atom. The van der Waals surface area contributed by atoms with Crippen LogP contribution in [0.25, 0.3) is 0 Å². The predicted octanol–water partition coefficient (Wildman–Crippen LogP) is 0.801. The summed E-state index contributed by atoms with van der Waals surface area (Å²) < 4.78 is 20.3. The van der Waals surface area contributed by atoms with Gasteiger partial charge >= 0.3 is 11.9 Å². The highest BCUT2D eigenvalue weighted by molar-refractivity contribution is 6.02. The first-order chi connectivity index (χ1) is 12.3. The Hall–Kier alpha value is -2.61. The quantitative estimate of drug-likeness (QED) is 0.620. The summed E-state index contributed by atoms with van der Waals surface area (Å²) in [7, 11) is 2.37. The van der Waals surface area contributed by atoms with Crippen LogP contribution in [-0.2, 0) is 23.9 Å². The van der Waals surface area contributed by atoms with Crippen molar-refractivity contribution in [1.82, 2.24) is 0 Å². The third kappa shape index (κ3) is 2.90. The van der Waals surface area contributed by atoms with Crippen LogP contribution in [0, 0.1) is 11.8 Å². The van der Waals surface area contributed by atoms with Gasteiger partial charge in [-0.2, -0.15) is 0 Å². The number of fused-ring (bicyclic) bond motifs is 1. The van der Waals surface area contributed by atoms with E-state index in [1.807, 2.05) is 0 Å². The molecule has 26 heavy (non-hydrogen) atoms. The van der Waals surface area contributed by atoms with Gasteiger partial charge in [-0.25, -0.2) is 0 Å². The number of hydrogen-bond acceptors (Lipinski definition) is 8. The first-order valence-corrected chi connectivity index (χ1v) is 8.10. The number of aliphatic hydroxyl groups is 1. The van der Waals surface area contributed by atoms with Gasteiger partial charge in [0.15, 0.2) is 17.3 Å². The van der Waals surface area contributed by atoms with Gasteiger partial charge in [-0.1, -0.05) is 6.07 Å². The van der Waals surface area contributed by atoms with Crippen LogP contribution in [-0.4, -0.2) is 49.4 Å². The van der Waals surface area contributed by atoms with Crippen LogP contribution in [0.1, 0.15) is 24.8 Å². The molecule has 0 saturated heterocycles. The smallest absolute Gasteiger partial charge is 0.316 e. The number of carbonyl (C=O) groups excluding carboxylic acids is 3. The van der Waals surface area contributed by atoms with Crippen LogP contribution < -0.4 is 9.47 Å². The Bertz CT molecular complexity index is 754. The van der Waals surface area contributed by atoms with Crippen LogP contribution in [0.4, 0.5) is 0 Å². The Kier molecular flexibility index (Phi) is 4.62. The molecule has 1 fully saturated rings. The standard InChI is InChI=1S/C18H20O8/c1-18(22)7-10(19)14(16(20)23-2)13(15(18)17(21)24-3)9-4-5-11-12(6-9)26-8-25-11/h4-6,13-15,22H,7-8H2,1-3H3/t13-,14-,15+,18+/m1/s1. The van der Waals surface area contributed by atoms with Crippen molar-refractivity contribution >= 4 is 17.7 Å². The lowest BCUT2D eigenvalue weighted by Crippen LogP contribution is -2.55. The second kappa shape index (κ2) is 6.60. The zero-order chi connectivity index (χ0) is 19.1. The highest BCUT2D eigenvalue weighted by atomic mass is 16.7. The number of Topliss-reactive ketones (excluding diaryl/α,β-unsaturated/α-hetero) is 1. The van der Waals surface area contributed by atoms with Crippen LogP contribution in [0.15, 0.2) is 18.2 Å². The van der Waals surface area contributed by atoms with Gasteiger partial charge in [0.2, 0.25) is 6.79 Å². The second-order valence-corrected chi connectivity index (χ2v) is 6.64. The van der Waals surface area contributed by atoms with E-state index in [1.165, 1.54) is 21.1 Å². The first-order valence-electron chi connectivity index (χ1n) is 8.10. The van der Waals surface area contributed by atoms with E-state index in [9.17, 15) is 19.5 Å². The molecule has 1 heterocycles. The lowest BCUT2D eigenvalue weighted by Gasteiger charge is -2.43. The number of benzene rings is 1. The normalized spacial score (nSPS) is 30.0. The molecular weight excluding hydrogens is 344 g/mol. The molecule has 0 radical (unpaired) electrons. The van der Waals surface area contributed by atoms with Crippen LogP contribution >= 0.6 is 0 Å². The largest absolute Gasteiger partial charge is 0.469 e. The third-order valence-corrected chi connectivity index (χ3v) is 4.96. The fourth-order valence-corrected chi connectivity index (χ4v) is 3.79. The van der Waals surface area contributed by atoms with Gasteiger partial charge in [0.25, 0.3) is 0 Å². The van der Waals surface area contributed by atoms with Gasteiger partial charge in [0, 0.05) is 12.3 Å². The van der Waals surface area contributed by atoms with Crippen molar-refractivity contribution in [3.63, 3.8) is 0 Å². The average Bonchev–Trinajstić information content (AvgIpc) is 3.06. The number of ether oxygens (including phenoxy) is 4. The Morgan fingerprint density at radius 2 is 1.81 bits per heavy atom. The molecule has 3 rings (SSSR count). The molecule has 0 amide bonds. The van der Waals surface area contributed by atoms with E-state index >= 15 is 0 Å². The maximum Gasteiger partial charge on any atom is 0.316 e. The summed E-state index contributed by atoms with van der Waals surface area (Å²) >= 11 is 0. The van der Waals surface area contributed by atoms with Gasteiger partial charge in [-0.3, -0.25) is 14.4 Å². The van der Waals surface area contributed by atoms with Crippen molar-refractivity contribution in [3.05, 3.63) is 23.8 Å². The van der Waals surface area contributed by atoms with E-state index in [0.717, 1.165) is 0 Å². The minimum Gasteiger partial charge on any atom is -0.469 e. The van der Waals surface area contributed by atoms with Crippen molar-refractivity contribution < 1.29 is 38.4 Å².